The van der Waals surface area contributed by atoms with Crippen molar-refractivity contribution in [3.63, 3.8) is 0 Å². The lowest BCUT2D eigenvalue weighted by Gasteiger charge is -2.07. The molecule has 0 N–H and O–H groups in total. The number of halogens is 1. The normalized spacial score (nSPS) is 10.2. The second-order valence-corrected chi connectivity index (χ2v) is 5.07. The lowest BCUT2D eigenvalue weighted by molar-refractivity contribution is 0.103. The van der Waals surface area contributed by atoms with Crippen LogP contribution >= 0.6 is 22.6 Å². The standard InChI is InChI=1S/C15H13IO2/c1-10-4-3-5-13(14(10)16)15(17)11-6-8-12(18-2)9-7-11/h3-9H,1-2H3. The molecule has 0 heterocycles. The number of hydrogen-bond acceptors (Lipinski definition) is 2. The SMILES string of the molecule is COc1ccc(C(=O)c2cccc(C)c2I)cc1. The van der Waals surface area contributed by atoms with Gasteiger partial charge in [-0.1, -0.05) is 12.1 Å². The lowest BCUT2D eigenvalue weighted by Crippen LogP contribution is -2.04. The summed E-state index contributed by atoms with van der Waals surface area (Å²) in [4.78, 5) is 12.4. The zero-order valence-corrected chi connectivity index (χ0v) is 12.4. The van der Waals surface area contributed by atoms with Gasteiger partial charge in [0.25, 0.3) is 0 Å². The summed E-state index contributed by atoms with van der Waals surface area (Å²) in [5.41, 5.74) is 2.55. The molecule has 0 spiro atoms. The van der Waals surface area contributed by atoms with Crippen LogP contribution in [0.15, 0.2) is 42.5 Å². The summed E-state index contributed by atoms with van der Waals surface area (Å²) < 4.78 is 6.09. The molecule has 0 bridgehead atoms. The highest BCUT2D eigenvalue weighted by atomic mass is 127. The Bertz CT molecular complexity index is 574. The molecule has 0 unspecified atom stereocenters. The maximum absolute atomic E-state index is 12.4. The highest BCUT2D eigenvalue weighted by Crippen LogP contribution is 2.21. The quantitative estimate of drug-likeness (QED) is 0.620. The van der Waals surface area contributed by atoms with Gasteiger partial charge in [-0.15, -0.1) is 0 Å². The van der Waals surface area contributed by atoms with Gasteiger partial charge in [-0.2, -0.15) is 0 Å². The maximum Gasteiger partial charge on any atom is 0.194 e. The lowest BCUT2D eigenvalue weighted by atomic mass is 10.0. The summed E-state index contributed by atoms with van der Waals surface area (Å²) in [5, 5.41) is 0. The predicted octanol–water partition coefficient (Wildman–Crippen LogP) is 3.84. The van der Waals surface area contributed by atoms with E-state index in [1.807, 2.05) is 25.1 Å². The number of ether oxygens (including phenoxy) is 1. The average molecular weight is 352 g/mol. The third kappa shape index (κ3) is 2.56. The van der Waals surface area contributed by atoms with Gasteiger partial charge < -0.3 is 4.74 Å². The van der Waals surface area contributed by atoms with Crippen LogP contribution in [0, 0.1) is 10.5 Å². The van der Waals surface area contributed by atoms with E-state index in [9.17, 15) is 4.79 Å². The third-order valence-electron chi connectivity index (χ3n) is 2.79. The average Bonchev–Trinajstić information content (AvgIpc) is 2.41. The van der Waals surface area contributed by atoms with Crippen LogP contribution in [0.2, 0.25) is 0 Å². The summed E-state index contributed by atoms with van der Waals surface area (Å²) >= 11 is 2.22. The first kappa shape index (κ1) is 13.1. The van der Waals surface area contributed by atoms with Crippen molar-refractivity contribution in [1.82, 2.24) is 0 Å². The minimum atomic E-state index is 0.0470. The summed E-state index contributed by atoms with van der Waals surface area (Å²) in [6.07, 6.45) is 0. The third-order valence-corrected chi connectivity index (χ3v) is 4.22. The van der Waals surface area contributed by atoms with Gasteiger partial charge in [0.1, 0.15) is 5.75 Å². The smallest absolute Gasteiger partial charge is 0.194 e. The Morgan fingerprint density at radius 3 is 2.39 bits per heavy atom. The fraction of sp³-hybridized carbons (Fsp3) is 0.133. The van der Waals surface area contributed by atoms with Crippen LogP contribution in [-0.4, -0.2) is 12.9 Å². The van der Waals surface area contributed by atoms with Crippen LogP contribution in [0.5, 0.6) is 5.75 Å². The molecule has 18 heavy (non-hydrogen) atoms. The van der Waals surface area contributed by atoms with E-state index in [1.165, 1.54) is 0 Å². The van der Waals surface area contributed by atoms with Crippen LogP contribution < -0.4 is 4.74 Å². The Kier molecular flexibility index (Phi) is 4.01. The number of carbonyl (C=O) groups excluding carboxylic acids is 1. The Labute approximate surface area is 120 Å². The molecule has 2 rings (SSSR count). The van der Waals surface area contributed by atoms with Crippen molar-refractivity contribution in [2.75, 3.05) is 7.11 Å². The van der Waals surface area contributed by atoms with E-state index in [0.29, 0.717) is 5.56 Å². The van der Waals surface area contributed by atoms with Gasteiger partial charge in [-0.25, -0.2) is 0 Å². The molecule has 0 saturated heterocycles. The van der Waals surface area contributed by atoms with Crippen molar-refractivity contribution in [3.8, 4) is 5.75 Å². The second kappa shape index (κ2) is 5.52. The van der Waals surface area contributed by atoms with Gasteiger partial charge in [0.2, 0.25) is 0 Å². The van der Waals surface area contributed by atoms with Crippen molar-refractivity contribution in [2.45, 2.75) is 6.92 Å². The Morgan fingerprint density at radius 1 is 1.11 bits per heavy atom. The monoisotopic (exact) mass is 352 g/mol. The van der Waals surface area contributed by atoms with Crippen LogP contribution in [-0.2, 0) is 0 Å². The van der Waals surface area contributed by atoms with E-state index in [4.69, 9.17) is 4.74 Å². The Morgan fingerprint density at radius 2 is 1.78 bits per heavy atom. The van der Waals surface area contributed by atoms with Crippen molar-refractivity contribution < 1.29 is 9.53 Å². The number of carbonyl (C=O) groups is 1. The van der Waals surface area contributed by atoms with Gasteiger partial charge in [-0.05, 0) is 65.4 Å². The molecule has 0 aromatic heterocycles. The van der Waals surface area contributed by atoms with Crippen molar-refractivity contribution in [3.05, 3.63) is 62.7 Å². The van der Waals surface area contributed by atoms with E-state index in [-0.39, 0.29) is 5.78 Å². The van der Waals surface area contributed by atoms with Crippen molar-refractivity contribution in [1.29, 1.82) is 0 Å². The van der Waals surface area contributed by atoms with Gasteiger partial charge in [0.05, 0.1) is 7.11 Å². The molecule has 0 atom stereocenters. The number of rotatable bonds is 3. The molecule has 0 aliphatic rings. The van der Waals surface area contributed by atoms with Gasteiger partial charge in [0.15, 0.2) is 5.78 Å². The van der Waals surface area contributed by atoms with Crippen molar-refractivity contribution in [2.24, 2.45) is 0 Å². The molecule has 0 radical (unpaired) electrons. The first-order valence-electron chi connectivity index (χ1n) is 5.57. The van der Waals surface area contributed by atoms with Gasteiger partial charge >= 0.3 is 0 Å². The molecular formula is C15H13IO2. The van der Waals surface area contributed by atoms with Gasteiger partial charge in [-0.3, -0.25) is 4.79 Å². The number of ketones is 1. The summed E-state index contributed by atoms with van der Waals surface area (Å²) in [7, 11) is 1.61. The van der Waals surface area contributed by atoms with E-state index >= 15 is 0 Å². The molecule has 2 aromatic carbocycles. The topological polar surface area (TPSA) is 26.3 Å². The summed E-state index contributed by atoms with van der Waals surface area (Å²) in [6.45, 7) is 2.01. The fourth-order valence-electron chi connectivity index (χ4n) is 1.72. The molecule has 0 saturated carbocycles. The van der Waals surface area contributed by atoms with Gasteiger partial charge in [0, 0.05) is 14.7 Å². The second-order valence-electron chi connectivity index (χ2n) is 3.99. The van der Waals surface area contributed by atoms with E-state index in [0.717, 1.165) is 20.4 Å². The maximum atomic E-state index is 12.4. The van der Waals surface area contributed by atoms with E-state index in [1.54, 1.807) is 31.4 Å². The molecule has 2 aromatic rings. The molecule has 92 valence electrons. The number of aryl methyl sites for hydroxylation is 1. The molecule has 0 amide bonds. The van der Waals surface area contributed by atoms with E-state index < -0.39 is 0 Å². The van der Waals surface area contributed by atoms with Crippen LogP contribution in [0.3, 0.4) is 0 Å². The highest BCUT2D eigenvalue weighted by molar-refractivity contribution is 14.1. The minimum Gasteiger partial charge on any atom is -0.497 e. The number of hydrogen-bond donors (Lipinski definition) is 0. The Hall–Kier alpha value is -1.36. The fourth-order valence-corrected chi connectivity index (χ4v) is 2.33. The first-order valence-corrected chi connectivity index (χ1v) is 6.65. The van der Waals surface area contributed by atoms with Crippen LogP contribution in [0.4, 0.5) is 0 Å². The number of benzene rings is 2. The zero-order valence-electron chi connectivity index (χ0n) is 10.2. The first-order chi connectivity index (χ1) is 8.63. The van der Waals surface area contributed by atoms with Crippen LogP contribution in [0.1, 0.15) is 21.5 Å². The molecule has 0 aliphatic carbocycles. The zero-order chi connectivity index (χ0) is 13.1. The van der Waals surface area contributed by atoms with E-state index in [2.05, 4.69) is 22.6 Å². The summed E-state index contributed by atoms with van der Waals surface area (Å²) in [6, 6.07) is 13.0. The number of methoxy groups -OCH3 is 1. The molecule has 0 aliphatic heterocycles. The molecule has 0 fully saturated rings. The molecule has 3 heteroatoms. The highest BCUT2D eigenvalue weighted by Gasteiger charge is 2.13. The molecule has 2 nitrogen and oxygen atoms in total. The van der Waals surface area contributed by atoms with Crippen molar-refractivity contribution >= 4 is 28.4 Å². The molecular weight excluding hydrogens is 339 g/mol. The largest absolute Gasteiger partial charge is 0.497 e. The Balaban J connectivity index is 2.38. The predicted molar refractivity (Wildman–Crippen MR) is 80.3 cm³/mol. The van der Waals surface area contributed by atoms with Crippen LogP contribution in [0.25, 0.3) is 0 Å². The summed E-state index contributed by atoms with van der Waals surface area (Å²) in [5.74, 6) is 0.802. The minimum absolute atomic E-state index is 0.0470.